The van der Waals surface area contributed by atoms with E-state index < -0.39 is 0 Å². The quantitative estimate of drug-likeness (QED) is 0.619. The standard InChI is InChI=1S/C13H17N3O2S/c1-17-8-7-14-9-12-15-13(16-18-12)10-3-5-11(19-2)6-4-10/h3-6,14H,7-9H2,1-2H3. The van der Waals surface area contributed by atoms with Gasteiger partial charge >= 0.3 is 0 Å². The number of hydrogen-bond donors (Lipinski definition) is 1. The van der Waals surface area contributed by atoms with Gasteiger partial charge in [0.05, 0.1) is 13.2 Å². The second-order valence-electron chi connectivity index (χ2n) is 3.91. The minimum absolute atomic E-state index is 0.555. The second kappa shape index (κ2) is 7.28. The van der Waals surface area contributed by atoms with Crippen LogP contribution in [0.3, 0.4) is 0 Å². The van der Waals surface area contributed by atoms with Crippen LogP contribution in [0.15, 0.2) is 33.7 Å². The highest BCUT2D eigenvalue weighted by molar-refractivity contribution is 7.98. The lowest BCUT2D eigenvalue weighted by atomic mass is 10.2. The van der Waals surface area contributed by atoms with Gasteiger partial charge in [0, 0.05) is 24.1 Å². The van der Waals surface area contributed by atoms with E-state index in [0.29, 0.717) is 24.9 Å². The highest BCUT2D eigenvalue weighted by Gasteiger charge is 2.07. The minimum atomic E-state index is 0.555. The Morgan fingerprint density at radius 1 is 1.32 bits per heavy atom. The zero-order valence-corrected chi connectivity index (χ0v) is 11.9. The molecule has 0 fully saturated rings. The van der Waals surface area contributed by atoms with E-state index in [1.165, 1.54) is 4.90 Å². The molecule has 1 aromatic carbocycles. The van der Waals surface area contributed by atoms with E-state index in [1.54, 1.807) is 18.9 Å². The first-order valence-corrected chi connectivity index (χ1v) is 7.22. The van der Waals surface area contributed by atoms with Crippen LogP contribution >= 0.6 is 11.8 Å². The monoisotopic (exact) mass is 279 g/mol. The summed E-state index contributed by atoms with van der Waals surface area (Å²) in [6, 6.07) is 8.09. The Morgan fingerprint density at radius 3 is 2.79 bits per heavy atom. The van der Waals surface area contributed by atoms with Gasteiger partial charge in [0.1, 0.15) is 0 Å². The normalized spacial score (nSPS) is 10.8. The van der Waals surface area contributed by atoms with Gasteiger partial charge in [-0.3, -0.25) is 0 Å². The van der Waals surface area contributed by atoms with Crippen LogP contribution in [0.25, 0.3) is 11.4 Å². The van der Waals surface area contributed by atoms with Gasteiger partial charge in [0.15, 0.2) is 0 Å². The average Bonchev–Trinajstić information content (AvgIpc) is 2.92. The Hall–Kier alpha value is -1.37. The molecule has 0 aliphatic rings. The summed E-state index contributed by atoms with van der Waals surface area (Å²) in [6.07, 6.45) is 2.05. The van der Waals surface area contributed by atoms with E-state index in [-0.39, 0.29) is 0 Å². The molecule has 0 bridgehead atoms. The molecule has 102 valence electrons. The molecule has 6 heteroatoms. The molecule has 0 atom stereocenters. The van der Waals surface area contributed by atoms with E-state index in [1.807, 2.05) is 30.5 Å². The molecule has 1 N–H and O–H groups in total. The fourth-order valence-corrected chi connectivity index (χ4v) is 1.96. The molecule has 0 spiro atoms. The molecule has 0 saturated heterocycles. The molecule has 1 aromatic heterocycles. The number of rotatable bonds is 7. The first-order valence-electron chi connectivity index (χ1n) is 6.00. The Bertz CT molecular complexity index is 499. The number of hydrogen-bond acceptors (Lipinski definition) is 6. The zero-order chi connectivity index (χ0) is 13.5. The summed E-state index contributed by atoms with van der Waals surface area (Å²) < 4.78 is 10.1. The molecule has 0 saturated carbocycles. The van der Waals surface area contributed by atoms with Crippen molar-refractivity contribution in [2.24, 2.45) is 0 Å². The highest BCUT2D eigenvalue weighted by atomic mass is 32.2. The van der Waals surface area contributed by atoms with Gasteiger partial charge in [-0.15, -0.1) is 11.8 Å². The fraction of sp³-hybridized carbons (Fsp3) is 0.385. The molecule has 0 aliphatic heterocycles. The van der Waals surface area contributed by atoms with Crippen molar-refractivity contribution >= 4 is 11.8 Å². The third-order valence-corrected chi connectivity index (χ3v) is 3.32. The third kappa shape index (κ3) is 4.05. The van der Waals surface area contributed by atoms with E-state index in [4.69, 9.17) is 9.26 Å². The van der Waals surface area contributed by atoms with Crippen molar-refractivity contribution in [1.82, 2.24) is 15.5 Å². The lowest BCUT2D eigenvalue weighted by Gasteiger charge is -1.99. The van der Waals surface area contributed by atoms with Gasteiger partial charge in [-0.1, -0.05) is 5.16 Å². The molecular formula is C13H17N3O2S. The van der Waals surface area contributed by atoms with Crippen molar-refractivity contribution in [2.75, 3.05) is 26.5 Å². The van der Waals surface area contributed by atoms with Crippen molar-refractivity contribution in [1.29, 1.82) is 0 Å². The maximum Gasteiger partial charge on any atom is 0.240 e. The van der Waals surface area contributed by atoms with Crippen LogP contribution in [-0.4, -0.2) is 36.7 Å². The number of methoxy groups -OCH3 is 1. The van der Waals surface area contributed by atoms with Crippen molar-refractivity contribution in [2.45, 2.75) is 11.4 Å². The van der Waals surface area contributed by atoms with Crippen molar-refractivity contribution in [3.63, 3.8) is 0 Å². The van der Waals surface area contributed by atoms with Crippen molar-refractivity contribution < 1.29 is 9.26 Å². The minimum Gasteiger partial charge on any atom is -0.383 e. The predicted octanol–water partition coefficient (Wildman–Crippen LogP) is 2.19. The number of thioether (sulfide) groups is 1. The average molecular weight is 279 g/mol. The van der Waals surface area contributed by atoms with Crippen molar-refractivity contribution in [3.8, 4) is 11.4 Å². The van der Waals surface area contributed by atoms with Gasteiger partial charge in [-0.2, -0.15) is 4.98 Å². The van der Waals surface area contributed by atoms with Crippen LogP contribution < -0.4 is 5.32 Å². The van der Waals surface area contributed by atoms with Crippen LogP contribution in [0, 0.1) is 0 Å². The number of nitrogens with one attached hydrogen (secondary N) is 1. The summed E-state index contributed by atoms with van der Waals surface area (Å²) in [4.78, 5) is 5.56. The van der Waals surface area contributed by atoms with Crippen LogP contribution in [0.5, 0.6) is 0 Å². The van der Waals surface area contributed by atoms with E-state index >= 15 is 0 Å². The third-order valence-electron chi connectivity index (χ3n) is 2.58. The number of aromatic nitrogens is 2. The Kier molecular flexibility index (Phi) is 5.38. The molecule has 2 aromatic rings. The molecule has 5 nitrogen and oxygen atoms in total. The molecule has 0 unspecified atom stereocenters. The Morgan fingerprint density at radius 2 is 2.11 bits per heavy atom. The predicted molar refractivity (Wildman–Crippen MR) is 75.1 cm³/mol. The fourth-order valence-electron chi connectivity index (χ4n) is 1.55. The number of benzene rings is 1. The zero-order valence-electron chi connectivity index (χ0n) is 11.0. The second-order valence-corrected chi connectivity index (χ2v) is 4.79. The molecule has 19 heavy (non-hydrogen) atoms. The maximum atomic E-state index is 5.19. The van der Waals surface area contributed by atoms with Crippen LogP contribution in [-0.2, 0) is 11.3 Å². The summed E-state index contributed by atoms with van der Waals surface area (Å²) in [5.41, 5.74) is 0.963. The summed E-state index contributed by atoms with van der Waals surface area (Å²) in [5.74, 6) is 1.20. The summed E-state index contributed by atoms with van der Waals surface area (Å²) in [6.45, 7) is 1.98. The van der Waals surface area contributed by atoms with Crippen LogP contribution in [0.1, 0.15) is 5.89 Å². The van der Waals surface area contributed by atoms with Crippen molar-refractivity contribution in [3.05, 3.63) is 30.2 Å². The van der Waals surface area contributed by atoms with E-state index in [9.17, 15) is 0 Å². The highest BCUT2D eigenvalue weighted by Crippen LogP contribution is 2.20. The molecular weight excluding hydrogens is 262 g/mol. The van der Waals surface area contributed by atoms with E-state index in [2.05, 4.69) is 15.5 Å². The first kappa shape index (κ1) is 14.0. The lowest BCUT2D eigenvalue weighted by Crippen LogP contribution is -2.18. The molecule has 0 aliphatic carbocycles. The molecule has 0 radical (unpaired) electrons. The van der Waals surface area contributed by atoms with Gasteiger partial charge < -0.3 is 14.6 Å². The summed E-state index contributed by atoms with van der Waals surface area (Å²) in [5, 5.41) is 7.14. The van der Waals surface area contributed by atoms with Crippen LogP contribution in [0.2, 0.25) is 0 Å². The maximum absolute atomic E-state index is 5.19. The Balaban J connectivity index is 1.95. The summed E-state index contributed by atoms with van der Waals surface area (Å²) in [7, 11) is 1.67. The largest absolute Gasteiger partial charge is 0.383 e. The van der Waals surface area contributed by atoms with E-state index in [0.717, 1.165) is 12.1 Å². The smallest absolute Gasteiger partial charge is 0.240 e. The number of ether oxygens (including phenoxy) is 1. The lowest BCUT2D eigenvalue weighted by molar-refractivity contribution is 0.197. The topological polar surface area (TPSA) is 60.2 Å². The van der Waals surface area contributed by atoms with Crippen LogP contribution in [0.4, 0.5) is 0 Å². The first-order chi connectivity index (χ1) is 9.33. The Labute approximate surface area is 116 Å². The van der Waals surface area contributed by atoms with Gasteiger partial charge in [-0.05, 0) is 30.5 Å². The number of nitrogens with zero attached hydrogens (tertiary/aromatic N) is 2. The molecule has 1 heterocycles. The van der Waals surface area contributed by atoms with Gasteiger partial charge in [0.25, 0.3) is 0 Å². The van der Waals surface area contributed by atoms with Gasteiger partial charge in [0.2, 0.25) is 11.7 Å². The van der Waals surface area contributed by atoms with Gasteiger partial charge in [-0.25, -0.2) is 0 Å². The SMILES string of the molecule is COCCNCc1nc(-c2ccc(SC)cc2)no1. The molecule has 2 rings (SSSR count). The summed E-state index contributed by atoms with van der Waals surface area (Å²) >= 11 is 1.71. The molecule has 0 amide bonds.